The third kappa shape index (κ3) is 3.53. The Bertz CT molecular complexity index is 1520. The van der Waals surface area contributed by atoms with E-state index in [0.717, 1.165) is 32.6 Å². The standard InChI is InChI=1S/C24H21Cl2N7O3S2/c1-32(2)9-5-3-8(4-6-9)12-13-10-7-11(16(13)37-18-17(12)38-24(36)27-18)15-14(10)19(34)33(20(15)35)31-23-29-21(25)28-22(26)30-23/h3-6,10-16H,7H2,1-2H3,(H,27,36)(H,28,29,30,31). The van der Waals surface area contributed by atoms with Crippen molar-refractivity contribution in [2.24, 2.45) is 29.6 Å². The molecule has 2 N–H and O–H groups in total. The predicted octanol–water partition coefficient (Wildman–Crippen LogP) is 3.49. The minimum Gasteiger partial charge on any atom is -0.378 e. The van der Waals surface area contributed by atoms with Gasteiger partial charge < -0.3 is 9.88 Å². The van der Waals surface area contributed by atoms with E-state index in [2.05, 4.69) is 49.6 Å². The molecule has 7 atom stereocenters. The van der Waals surface area contributed by atoms with Gasteiger partial charge in [-0.05, 0) is 65.1 Å². The zero-order valence-electron chi connectivity index (χ0n) is 20.1. The van der Waals surface area contributed by atoms with E-state index in [1.807, 2.05) is 19.0 Å². The summed E-state index contributed by atoms with van der Waals surface area (Å²) in [6, 6.07) is 8.40. The summed E-state index contributed by atoms with van der Waals surface area (Å²) in [5.41, 5.74) is 4.93. The van der Waals surface area contributed by atoms with E-state index >= 15 is 0 Å². The predicted molar refractivity (Wildman–Crippen MR) is 145 cm³/mol. The second kappa shape index (κ2) is 8.67. The Kier molecular flexibility index (Phi) is 5.56. The van der Waals surface area contributed by atoms with Crippen molar-refractivity contribution >= 4 is 69.8 Å². The molecule has 4 heterocycles. The van der Waals surface area contributed by atoms with Gasteiger partial charge in [0.1, 0.15) is 0 Å². The number of hydrazine groups is 1. The van der Waals surface area contributed by atoms with Gasteiger partial charge in [-0.3, -0.25) is 19.8 Å². The molecule has 2 saturated carbocycles. The van der Waals surface area contributed by atoms with Crippen molar-refractivity contribution in [2.75, 3.05) is 24.4 Å². The molecule has 2 aliphatic heterocycles. The molecule has 3 aromatic rings. The zero-order chi connectivity index (χ0) is 26.5. The average Bonchev–Trinajstić information content (AvgIpc) is 3.59. The van der Waals surface area contributed by atoms with Gasteiger partial charge in [0.25, 0.3) is 11.8 Å². The number of amides is 2. The van der Waals surface area contributed by atoms with Crippen LogP contribution in [0.1, 0.15) is 22.8 Å². The number of aromatic amines is 1. The third-order valence-corrected chi connectivity index (χ3v) is 11.2. The van der Waals surface area contributed by atoms with E-state index in [-0.39, 0.29) is 62.1 Å². The summed E-state index contributed by atoms with van der Waals surface area (Å²) in [7, 11) is 3.99. The number of benzene rings is 1. The van der Waals surface area contributed by atoms with Crippen molar-refractivity contribution in [1.82, 2.24) is 24.9 Å². The maximum absolute atomic E-state index is 13.7. The van der Waals surface area contributed by atoms with E-state index in [1.165, 1.54) is 11.3 Å². The van der Waals surface area contributed by atoms with Gasteiger partial charge in [-0.15, -0.1) is 11.8 Å². The van der Waals surface area contributed by atoms with Gasteiger partial charge in [-0.1, -0.05) is 23.5 Å². The molecule has 14 heteroatoms. The smallest absolute Gasteiger partial charge is 0.305 e. The first-order valence-electron chi connectivity index (χ1n) is 12.1. The van der Waals surface area contributed by atoms with Crippen molar-refractivity contribution in [1.29, 1.82) is 0 Å². The molecule has 196 valence electrons. The Hall–Kier alpha value is -2.67. The van der Waals surface area contributed by atoms with Crippen LogP contribution in [0.2, 0.25) is 10.6 Å². The lowest BCUT2D eigenvalue weighted by atomic mass is 9.68. The highest BCUT2D eigenvalue weighted by Gasteiger charge is 2.69. The van der Waals surface area contributed by atoms with Crippen LogP contribution < -0.4 is 15.2 Å². The normalized spacial score (nSPS) is 30.8. The van der Waals surface area contributed by atoms with Crippen molar-refractivity contribution in [2.45, 2.75) is 22.6 Å². The number of nitrogens with zero attached hydrogens (tertiary/aromatic N) is 5. The quantitative estimate of drug-likeness (QED) is 0.440. The number of hydrogen-bond donors (Lipinski definition) is 2. The van der Waals surface area contributed by atoms with Crippen LogP contribution in [0.5, 0.6) is 0 Å². The van der Waals surface area contributed by atoms with Gasteiger partial charge in [-0.2, -0.15) is 20.0 Å². The van der Waals surface area contributed by atoms with Crippen LogP contribution in [-0.4, -0.2) is 56.1 Å². The minimum atomic E-state index is -0.449. The zero-order valence-corrected chi connectivity index (χ0v) is 23.2. The fraction of sp³-hybridized carbons (Fsp3) is 0.417. The van der Waals surface area contributed by atoms with Gasteiger partial charge in [0.2, 0.25) is 16.5 Å². The van der Waals surface area contributed by atoms with Crippen molar-refractivity contribution < 1.29 is 9.59 Å². The first kappa shape index (κ1) is 24.4. The fourth-order valence-corrected chi connectivity index (χ4v) is 10.2. The van der Waals surface area contributed by atoms with Crippen LogP contribution >= 0.6 is 46.3 Å². The Labute approximate surface area is 235 Å². The van der Waals surface area contributed by atoms with Gasteiger partial charge in [0.05, 0.1) is 16.9 Å². The second-order valence-corrected chi connectivity index (χ2v) is 13.1. The van der Waals surface area contributed by atoms with Gasteiger partial charge in [0.15, 0.2) is 0 Å². The minimum absolute atomic E-state index is 0.000150. The number of halogens is 2. The Balaban J connectivity index is 1.26. The number of fused-ring (bicyclic) bond motifs is 9. The molecule has 3 fully saturated rings. The Morgan fingerprint density at radius 3 is 2.32 bits per heavy atom. The van der Waals surface area contributed by atoms with Crippen LogP contribution in [0.4, 0.5) is 11.6 Å². The van der Waals surface area contributed by atoms with E-state index in [1.54, 1.807) is 11.8 Å². The monoisotopic (exact) mass is 589 g/mol. The first-order chi connectivity index (χ1) is 18.2. The molecule has 4 aliphatic rings. The first-order valence-corrected chi connectivity index (χ1v) is 14.5. The van der Waals surface area contributed by atoms with Crippen LogP contribution in [-0.2, 0) is 9.59 Å². The summed E-state index contributed by atoms with van der Waals surface area (Å²) in [4.78, 5) is 57.3. The highest BCUT2D eigenvalue weighted by atomic mass is 35.5. The molecule has 2 aromatic heterocycles. The molecule has 2 bridgehead atoms. The molecule has 1 saturated heterocycles. The SMILES string of the molecule is CN(C)c1ccc(C2c3sc(=O)[nH]c3SC3C4CC(C5C(=O)N(Nc6nc(Cl)nc(Cl)n6)C(=O)C45)C23)cc1. The Morgan fingerprint density at radius 1 is 1.00 bits per heavy atom. The average molecular weight is 591 g/mol. The molecule has 2 aliphatic carbocycles. The number of anilines is 2. The number of nitrogens with one attached hydrogen (secondary N) is 2. The Morgan fingerprint density at radius 2 is 1.66 bits per heavy atom. The maximum Gasteiger partial charge on any atom is 0.305 e. The number of carbonyl (C=O) groups excluding carboxylic acids is 2. The van der Waals surface area contributed by atoms with Crippen molar-refractivity contribution in [3.8, 4) is 0 Å². The molecular formula is C24H21Cl2N7O3S2. The van der Waals surface area contributed by atoms with Gasteiger partial charge in [-0.25, -0.2) is 0 Å². The molecular weight excluding hydrogens is 569 g/mol. The number of carbonyl (C=O) groups is 2. The lowest BCUT2D eigenvalue weighted by Crippen LogP contribution is -2.42. The molecule has 0 spiro atoms. The molecule has 2 amide bonds. The van der Waals surface area contributed by atoms with Crippen LogP contribution in [0.15, 0.2) is 34.1 Å². The number of hydrogen-bond acceptors (Lipinski definition) is 10. The second-order valence-electron chi connectivity index (χ2n) is 10.3. The molecule has 0 radical (unpaired) electrons. The van der Waals surface area contributed by atoms with E-state index in [4.69, 9.17) is 23.2 Å². The maximum atomic E-state index is 13.7. The molecule has 7 rings (SSSR count). The number of imide groups is 1. The topological polar surface area (TPSA) is 124 Å². The summed E-state index contributed by atoms with van der Waals surface area (Å²) in [5.74, 6) is -1.44. The molecule has 10 nitrogen and oxygen atoms in total. The van der Waals surface area contributed by atoms with Gasteiger partial charge in [0, 0.05) is 35.8 Å². The number of thioether (sulfide) groups is 1. The summed E-state index contributed by atoms with van der Waals surface area (Å²) >= 11 is 14.7. The summed E-state index contributed by atoms with van der Waals surface area (Å²) in [5, 5.41) is 1.73. The molecule has 38 heavy (non-hydrogen) atoms. The largest absolute Gasteiger partial charge is 0.378 e. The molecule has 1 aromatic carbocycles. The number of rotatable bonds is 4. The lowest BCUT2D eigenvalue weighted by molar-refractivity contribution is -0.139. The summed E-state index contributed by atoms with van der Waals surface area (Å²) < 4.78 is 0. The lowest BCUT2D eigenvalue weighted by Gasteiger charge is -2.43. The highest BCUT2D eigenvalue weighted by molar-refractivity contribution is 8.00. The summed E-state index contributed by atoms with van der Waals surface area (Å²) in [6.07, 6.45) is 0.803. The van der Waals surface area contributed by atoms with Crippen LogP contribution in [0.25, 0.3) is 0 Å². The third-order valence-electron chi connectivity index (χ3n) is 8.29. The van der Waals surface area contributed by atoms with E-state index < -0.39 is 11.8 Å². The van der Waals surface area contributed by atoms with Crippen LogP contribution in [0.3, 0.4) is 0 Å². The number of H-pyrrole nitrogens is 1. The molecule has 7 unspecified atom stereocenters. The van der Waals surface area contributed by atoms with Crippen LogP contribution in [0, 0.1) is 29.6 Å². The fourth-order valence-electron chi connectivity index (χ4n) is 6.96. The van der Waals surface area contributed by atoms with E-state index in [9.17, 15) is 14.4 Å². The highest BCUT2D eigenvalue weighted by Crippen LogP contribution is 2.68. The van der Waals surface area contributed by atoms with E-state index in [0.29, 0.717) is 0 Å². The van der Waals surface area contributed by atoms with Gasteiger partial charge >= 0.3 is 4.87 Å². The number of thiazole rings is 1. The summed E-state index contributed by atoms with van der Waals surface area (Å²) in [6.45, 7) is 0. The number of aromatic nitrogens is 4. The van der Waals surface area contributed by atoms with Crippen molar-refractivity contribution in [3.05, 3.63) is 54.9 Å². The van der Waals surface area contributed by atoms with Crippen molar-refractivity contribution in [3.63, 3.8) is 0 Å².